The third-order valence-electron chi connectivity index (χ3n) is 4.27. The number of rotatable bonds is 5. The minimum absolute atomic E-state index is 0.422. The minimum atomic E-state index is 0.422. The summed E-state index contributed by atoms with van der Waals surface area (Å²) in [6.45, 7) is 2.91. The molecule has 0 radical (unpaired) electrons. The van der Waals surface area contributed by atoms with Crippen molar-refractivity contribution in [3.05, 3.63) is 60.4 Å². The summed E-state index contributed by atoms with van der Waals surface area (Å²) in [7, 11) is 1.82. The van der Waals surface area contributed by atoms with Gasteiger partial charge in [-0.1, -0.05) is 24.3 Å². The molecule has 1 aromatic carbocycles. The number of aromatic nitrogens is 1. The molecule has 1 aliphatic heterocycles. The third-order valence-corrected chi connectivity index (χ3v) is 4.27. The molecule has 24 heavy (non-hydrogen) atoms. The molecule has 1 atom stereocenters. The molecule has 2 heterocycles. The molecular formula is C19H25N5. The Labute approximate surface area is 143 Å². The van der Waals surface area contributed by atoms with Gasteiger partial charge in [0.25, 0.3) is 0 Å². The zero-order chi connectivity index (χ0) is 16.6. The van der Waals surface area contributed by atoms with Crippen molar-refractivity contribution in [3.8, 4) is 0 Å². The predicted molar refractivity (Wildman–Crippen MR) is 99.5 cm³/mol. The minimum Gasteiger partial charge on any atom is -0.369 e. The Hall–Kier alpha value is -2.56. The molecule has 5 nitrogen and oxygen atoms in total. The van der Waals surface area contributed by atoms with E-state index in [-0.39, 0.29) is 0 Å². The van der Waals surface area contributed by atoms with Crippen LogP contribution in [-0.2, 0) is 6.42 Å². The molecule has 1 fully saturated rings. The Morgan fingerprint density at radius 2 is 2.04 bits per heavy atom. The zero-order valence-electron chi connectivity index (χ0n) is 14.2. The van der Waals surface area contributed by atoms with Crippen LogP contribution in [0.15, 0.2) is 59.7 Å². The number of anilines is 1. The second kappa shape index (κ2) is 8.34. The standard InChI is InChI=1S/C19H25N5/c1-20-19(22-13-10-16-7-5-6-12-21-16)23-17-11-14-24(15-17)18-8-3-2-4-9-18/h2-9,12,17H,10-11,13-15H2,1H3,(H2,20,22,23). The van der Waals surface area contributed by atoms with Gasteiger partial charge in [0.2, 0.25) is 0 Å². The van der Waals surface area contributed by atoms with Gasteiger partial charge >= 0.3 is 0 Å². The van der Waals surface area contributed by atoms with E-state index in [4.69, 9.17) is 0 Å². The van der Waals surface area contributed by atoms with Crippen molar-refractivity contribution in [2.24, 2.45) is 4.99 Å². The van der Waals surface area contributed by atoms with Crippen LogP contribution in [0.25, 0.3) is 0 Å². The molecule has 5 heteroatoms. The highest BCUT2D eigenvalue weighted by atomic mass is 15.2. The first-order valence-corrected chi connectivity index (χ1v) is 8.52. The maximum atomic E-state index is 4.34. The summed E-state index contributed by atoms with van der Waals surface area (Å²) in [5.74, 6) is 0.867. The molecule has 126 valence electrons. The van der Waals surface area contributed by atoms with E-state index >= 15 is 0 Å². The molecule has 2 aromatic rings. The molecule has 1 aromatic heterocycles. The van der Waals surface area contributed by atoms with E-state index in [9.17, 15) is 0 Å². The van der Waals surface area contributed by atoms with Crippen molar-refractivity contribution in [1.29, 1.82) is 0 Å². The van der Waals surface area contributed by atoms with Crippen LogP contribution in [0.5, 0.6) is 0 Å². The Balaban J connectivity index is 1.44. The SMILES string of the molecule is CN=C(NCCc1ccccn1)NC1CCN(c2ccccc2)C1. The number of hydrogen-bond donors (Lipinski definition) is 2. The third kappa shape index (κ3) is 4.47. The van der Waals surface area contributed by atoms with Gasteiger partial charge < -0.3 is 15.5 Å². The van der Waals surface area contributed by atoms with Crippen LogP contribution in [0.3, 0.4) is 0 Å². The van der Waals surface area contributed by atoms with Crippen molar-refractivity contribution >= 4 is 11.6 Å². The van der Waals surface area contributed by atoms with Gasteiger partial charge in [-0.05, 0) is 30.7 Å². The summed E-state index contributed by atoms with van der Waals surface area (Å²) >= 11 is 0. The van der Waals surface area contributed by atoms with E-state index in [2.05, 4.69) is 55.8 Å². The van der Waals surface area contributed by atoms with Gasteiger partial charge in [-0.2, -0.15) is 0 Å². The molecule has 2 N–H and O–H groups in total. The number of benzene rings is 1. The fourth-order valence-corrected chi connectivity index (χ4v) is 2.99. The monoisotopic (exact) mass is 323 g/mol. The average molecular weight is 323 g/mol. The lowest BCUT2D eigenvalue weighted by Gasteiger charge is -2.20. The quantitative estimate of drug-likeness (QED) is 0.653. The number of hydrogen-bond acceptors (Lipinski definition) is 3. The number of aliphatic imine (C=N–C) groups is 1. The van der Waals surface area contributed by atoms with Gasteiger partial charge in [0, 0.05) is 56.7 Å². The predicted octanol–water partition coefficient (Wildman–Crippen LogP) is 2.07. The Kier molecular flexibility index (Phi) is 5.66. The molecule has 1 aliphatic rings. The molecule has 0 bridgehead atoms. The van der Waals surface area contributed by atoms with E-state index in [0.717, 1.165) is 44.1 Å². The summed E-state index contributed by atoms with van der Waals surface area (Å²) in [5, 5.41) is 6.91. The molecule has 3 rings (SSSR count). The van der Waals surface area contributed by atoms with E-state index in [0.29, 0.717) is 6.04 Å². The summed E-state index contributed by atoms with van der Waals surface area (Å²) < 4.78 is 0. The van der Waals surface area contributed by atoms with E-state index in [1.807, 2.05) is 31.4 Å². The van der Waals surface area contributed by atoms with Gasteiger partial charge in [-0.25, -0.2) is 0 Å². The normalized spacial score (nSPS) is 17.8. The van der Waals surface area contributed by atoms with Crippen LogP contribution < -0.4 is 15.5 Å². The fraction of sp³-hybridized carbons (Fsp3) is 0.368. The molecule has 1 saturated heterocycles. The highest BCUT2D eigenvalue weighted by molar-refractivity contribution is 5.80. The largest absolute Gasteiger partial charge is 0.369 e. The highest BCUT2D eigenvalue weighted by Crippen LogP contribution is 2.19. The molecule has 0 spiro atoms. The lowest BCUT2D eigenvalue weighted by molar-refractivity contribution is 0.647. The van der Waals surface area contributed by atoms with Gasteiger partial charge in [-0.15, -0.1) is 0 Å². The van der Waals surface area contributed by atoms with Crippen molar-refractivity contribution in [2.75, 3.05) is 31.6 Å². The van der Waals surface area contributed by atoms with Gasteiger partial charge in [0.05, 0.1) is 0 Å². The van der Waals surface area contributed by atoms with Crippen molar-refractivity contribution in [3.63, 3.8) is 0 Å². The number of pyridine rings is 1. The van der Waals surface area contributed by atoms with Crippen LogP contribution >= 0.6 is 0 Å². The van der Waals surface area contributed by atoms with Crippen LogP contribution in [0, 0.1) is 0 Å². The summed E-state index contributed by atoms with van der Waals surface area (Å²) in [6.07, 6.45) is 3.84. The number of guanidine groups is 1. The summed E-state index contributed by atoms with van der Waals surface area (Å²) in [6, 6.07) is 17.0. The first-order valence-electron chi connectivity index (χ1n) is 8.52. The Bertz CT molecular complexity index is 641. The van der Waals surface area contributed by atoms with E-state index < -0.39 is 0 Å². The number of nitrogens with one attached hydrogen (secondary N) is 2. The van der Waals surface area contributed by atoms with Crippen LogP contribution in [0.1, 0.15) is 12.1 Å². The first kappa shape index (κ1) is 16.3. The second-order valence-electron chi connectivity index (χ2n) is 5.98. The second-order valence-corrected chi connectivity index (χ2v) is 5.98. The summed E-state index contributed by atoms with van der Waals surface area (Å²) in [4.78, 5) is 11.1. The van der Waals surface area contributed by atoms with Crippen LogP contribution in [0.4, 0.5) is 5.69 Å². The Morgan fingerprint density at radius 1 is 1.21 bits per heavy atom. The van der Waals surface area contributed by atoms with Crippen molar-refractivity contribution in [1.82, 2.24) is 15.6 Å². The zero-order valence-corrected chi connectivity index (χ0v) is 14.2. The molecule has 0 amide bonds. The van der Waals surface area contributed by atoms with Crippen LogP contribution in [0.2, 0.25) is 0 Å². The Morgan fingerprint density at radius 3 is 2.79 bits per heavy atom. The van der Waals surface area contributed by atoms with Crippen LogP contribution in [-0.4, -0.2) is 43.7 Å². The molecule has 0 saturated carbocycles. The molecule has 0 aliphatic carbocycles. The summed E-state index contributed by atoms with van der Waals surface area (Å²) in [5.41, 5.74) is 2.39. The first-order chi connectivity index (χ1) is 11.8. The highest BCUT2D eigenvalue weighted by Gasteiger charge is 2.23. The number of nitrogens with zero attached hydrogens (tertiary/aromatic N) is 3. The maximum Gasteiger partial charge on any atom is 0.191 e. The van der Waals surface area contributed by atoms with E-state index in [1.165, 1.54) is 5.69 Å². The van der Waals surface area contributed by atoms with Gasteiger partial charge in [-0.3, -0.25) is 9.98 Å². The van der Waals surface area contributed by atoms with Gasteiger partial charge in [0.15, 0.2) is 5.96 Å². The van der Waals surface area contributed by atoms with Gasteiger partial charge in [0.1, 0.15) is 0 Å². The molecule has 1 unspecified atom stereocenters. The smallest absolute Gasteiger partial charge is 0.191 e. The lowest BCUT2D eigenvalue weighted by Crippen LogP contribution is -2.45. The molecular weight excluding hydrogens is 298 g/mol. The van der Waals surface area contributed by atoms with E-state index in [1.54, 1.807) is 0 Å². The lowest BCUT2D eigenvalue weighted by atomic mass is 10.2. The topological polar surface area (TPSA) is 52.6 Å². The maximum absolute atomic E-state index is 4.34. The average Bonchev–Trinajstić information content (AvgIpc) is 3.11. The van der Waals surface area contributed by atoms with Crippen molar-refractivity contribution in [2.45, 2.75) is 18.9 Å². The fourth-order valence-electron chi connectivity index (χ4n) is 2.99. The van der Waals surface area contributed by atoms with Crippen molar-refractivity contribution < 1.29 is 0 Å². The number of para-hydroxylation sites is 1.